The zero-order valence-corrected chi connectivity index (χ0v) is 34.9. The third kappa shape index (κ3) is 6.11. The maximum absolute atomic E-state index is 15.7. The molecule has 338 valence electrons. The average Bonchev–Trinajstić information content (AvgIpc) is 3.79. The number of benzene rings is 9. The summed E-state index contributed by atoms with van der Waals surface area (Å²) in [5, 5.41) is 3.55. The second-order valence-corrected chi connectivity index (χ2v) is 17.2. The monoisotopic (exact) mass is 930 g/mol. The van der Waals surface area contributed by atoms with Gasteiger partial charge in [0.2, 0.25) is 10.8 Å². The number of hydrogen-bond donors (Lipinski definition) is 0. The van der Waals surface area contributed by atoms with Gasteiger partial charge in [-0.1, -0.05) is 140 Å². The molecular weight excluding hydrogens is 901 g/mol. The minimum absolute atomic E-state index is 0.0550. The molecule has 0 heterocycles. The first-order valence-electron chi connectivity index (χ1n) is 21.2. The molecule has 2 aliphatic carbocycles. The first kappa shape index (κ1) is 43.2. The largest absolute Gasteiger partial charge is 0.411 e. The molecule has 0 amide bonds. The van der Waals surface area contributed by atoms with Gasteiger partial charge in [-0.2, -0.15) is 52.7 Å². The fraction of sp³-hybridized carbons (Fsp3) is 0.107. The highest BCUT2D eigenvalue weighted by molar-refractivity contribution is 5.95. The van der Waals surface area contributed by atoms with Crippen LogP contribution in [0.5, 0.6) is 0 Å². The molecule has 0 saturated heterocycles. The second-order valence-electron chi connectivity index (χ2n) is 17.2. The summed E-state index contributed by atoms with van der Waals surface area (Å²) in [4.78, 5) is 0. The lowest BCUT2D eigenvalue weighted by Gasteiger charge is -2.36. The molecule has 0 bridgehead atoms. The molecule has 9 aromatic carbocycles. The predicted molar refractivity (Wildman–Crippen MR) is 240 cm³/mol. The van der Waals surface area contributed by atoms with Crippen molar-refractivity contribution in [2.45, 2.75) is 35.5 Å². The maximum atomic E-state index is 15.7. The van der Waals surface area contributed by atoms with E-state index in [0.29, 0.717) is 28.6 Å². The van der Waals surface area contributed by atoms with Crippen molar-refractivity contribution in [2.75, 3.05) is 0 Å². The number of halogens is 12. The van der Waals surface area contributed by atoms with Gasteiger partial charge in [-0.15, -0.1) is 0 Å². The fourth-order valence-corrected chi connectivity index (χ4v) is 10.5. The van der Waals surface area contributed by atoms with E-state index in [1.54, 1.807) is 36.4 Å². The van der Waals surface area contributed by atoms with Gasteiger partial charge in [0.1, 0.15) is 0 Å². The van der Waals surface area contributed by atoms with Crippen LogP contribution in [0, 0.1) is 0 Å². The molecule has 0 saturated carbocycles. The van der Waals surface area contributed by atoms with E-state index in [0.717, 1.165) is 69.8 Å². The standard InChI is InChI=1S/C56H30F12/c57-53(58,59)51(54(60,61)62)47-27-39(31-6-2-1-3-7-31)16-20-43(47)45-22-18-41(29-49(45)51)42-19-23-46-44-21-17-40(28-48(44)52(50(46)30-42,55(63,64)65)56(66,67)68)38-15-14-36-25-35(12-13-37(36)26-38)34-11-10-32-8-4-5-9-33(32)24-34/h1-30H. The Balaban J connectivity index is 1.02. The van der Waals surface area contributed by atoms with Crippen molar-refractivity contribution in [2.24, 2.45) is 0 Å². The Bertz CT molecular complexity index is 3490. The lowest BCUT2D eigenvalue weighted by atomic mass is 9.74. The summed E-state index contributed by atoms with van der Waals surface area (Å²) in [5.74, 6) is 0. The van der Waals surface area contributed by atoms with Crippen molar-refractivity contribution in [3.8, 4) is 66.8 Å². The summed E-state index contributed by atoms with van der Waals surface area (Å²) in [5.41, 5.74) is -13.8. The first-order valence-corrected chi connectivity index (χ1v) is 21.2. The van der Waals surface area contributed by atoms with Crippen LogP contribution in [-0.4, -0.2) is 24.7 Å². The molecule has 0 unspecified atom stereocenters. The van der Waals surface area contributed by atoms with E-state index in [1.807, 2.05) is 60.7 Å². The van der Waals surface area contributed by atoms with Crippen molar-refractivity contribution < 1.29 is 52.7 Å². The molecule has 0 nitrogen and oxygen atoms in total. The molecule has 0 fully saturated rings. The summed E-state index contributed by atoms with van der Waals surface area (Å²) in [6, 6.07) is 44.5. The topological polar surface area (TPSA) is 0 Å². The average molecular weight is 931 g/mol. The van der Waals surface area contributed by atoms with Gasteiger partial charge in [-0.25, -0.2) is 0 Å². The van der Waals surface area contributed by atoms with Gasteiger partial charge in [-0.3, -0.25) is 0 Å². The van der Waals surface area contributed by atoms with Crippen LogP contribution in [0.15, 0.2) is 182 Å². The normalized spacial score (nSPS) is 15.0. The van der Waals surface area contributed by atoms with Crippen molar-refractivity contribution in [1.29, 1.82) is 0 Å². The zero-order chi connectivity index (χ0) is 47.8. The van der Waals surface area contributed by atoms with E-state index in [-0.39, 0.29) is 22.3 Å². The first-order chi connectivity index (χ1) is 32.2. The van der Waals surface area contributed by atoms with Crippen LogP contribution in [0.25, 0.3) is 88.3 Å². The smallest absolute Gasteiger partial charge is 0.169 e. The van der Waals surface area contributed by atoms with Crippen LogP contribution in [0.2, 0.25) is 0 Å². The van der Waals surface area contributed by atoms with E-state index < -0.39 is 80.0 Å². The van der Waals surface area contributed by atoms with E-state index >= 15 is 52.7 Å². The van der Waals surface area contributed by atoms with E-state index in [9.17, 15) is 0 Å². The fourth-order valence-electron chi connectivity index (χ4n) is 10.5. The summed E-state index contributed by atoms with van der Waals surface area (Å²) in [6.45, 7) is 0. The van der Waals surface area contributed by atoms with Crippen molar-refractivity contribution in [3.05, 3.63) is 204 Å². The van der Waals surface area contributed by atoms with Gasteiger partial charge in [0, 0.05) is 0 Å². The van der Waals surface area contributed by atoms with Gasteiger partial charge < -0.3 is 0 Å². The van der Waals surface area contributed by atoms with Crippen LogP contribution in [-0.2, 0) is 10.8 Å². The molecule has 0 radical (unpaired) electrons. The molecule has 9 aromatic rings. The quantitative estimate of drug-likeness (QED) is 0.154. The molecule has 0 spiro atoms. The lowest BCUT2D eigenvalue weighted by Crippen LogP contribution is -2.53. The second kappa shape index (κ2) is 14.6. The number of rotatable bonds is 4. The molecule has 12 heteroatoms. The number of hydrogen-bond acceptors (Lipinski definition) is 0. The Kier molecular flexibility index (Phi) is 9.27. The highest BCUT2D eigenvalue weighted by Crippen LogP contribution is 2.66. The Morgan fingerprint density at radius 1 is 0.221 bits per heavy atom. The lowest BCUT2D eigenvalue weighted by molar-refractivity contribution is -0.288. The summed E-state index contributed by atoms with van der Waals surface area (Å²) >= 11 is 0. The highest BCUT2D eigenvalue weighted by Gasteiger charge is 2.77. The highest BCUT2D eigenvalue weighted by atomic mass is 19.4. The van der Waals surface area contributed by atoms with Crippen molar-refractivity contribution >= 4 is 21.5 Å². The van der Waals surface area contributed by atoms with Gasteiger partial charge in [-0.05, 0) is 153 Å². The summed E-state index contributed by atoms with van der Waals surface area (Å²) in [7, 11) is 0. The minimum atomic E-state index is -6.02. The third-order valence-corrected chi connectivity index (χ3v) is 13.7. The van der Waals surface area contributed by atoms with E-state index in [1.165, 1.54) is 30.3 Å². The molecule has 2 aliphatic rings. The van der Waals surface area contributed by atoms with Crippen molar-refractivity contribution in [3.63, 3.8) is 0 Å². The molecular formula is C56H30F12. The minimum Gasteiger partial charge on any atom is -0.169 e. The molecule has 11 rings (SSSR count). The van der Waals surface area contributed by atoms with Gasteiger partial charge in [0.15, 0.2) is 0 Å². The summed E-state index contributed by atoms with van der Waals surface area (Å²) < 4.78 is 187. The van der Waals surface area contributed by atoms with E-state index in [2.05, 4.69) is 0 Å². The summed E-state index contributed by atoms with van der Waals surface area (Å²) in [6.07, 6.45) is -24.0. The maximum Gasteiger partial charge on any atom is 0.411 e. The van der Waals surface area contributed by atoms with Crippen LogP contribution >= 0.6 is 0 Å². The van der Waals surface area contributed by atoms with Crippen molar-refractivity contribution in [1.82, 2.24) is 0 Å². The Hall–Kier alpha value is -7.34. The molecule has 68 heavy (non-hydrogen) atoms. The number of fused-ring (bicyclic) bond motifs is 8. The van der Waals surface area contributed by atoms with E-state index in [4.69, 9.17) is 0 Å². The van der Waals surface area contributed by atoms with Crippen LogP contribution in [0.4, 0.5) is 52.7 Å². The zero-order valence-electron chi connectivity index (χ0n) is 34.9. The Labute approximate surface area is 379 Å². The van der Waals surface area contributed by atoms with Crippen LogP contribution in [0.1, 0.15) is 22.3 Å². The molecule has 0 aliphatic heterocycles. The van der Waals surface area contributed by atoms with Gasteiger partial charge in [0.25, 0.3) is 0 Å². The van der Waals surface area contributed by atoms with Crippen LogP contribution < -0.4 is 0 Å². The predicted octanol–water partition coefficient (Wildman–Crippen LogP) is 17.4. The Morgan fingerprint density at radius 3 is 0.809 bits per heavy atom. The Morgan fingerprint density at radius 2 is 0.471 bits per heavy atom. The molecule has 0 atom stereocenters. The van der Waals surface area contributed by atoms with Gasteiger partial charge in [0.05, 0.1) is 0 Å². The van der Waals surface area contributed by atoms with Crippen LogP contribution in [0.3, 0.4) is 0 Å². The number of alkyl halides is 12. The van der Waals surface area contributed by atoms with Gasteiger partial charge >= 0.3 is 24.7 Å². The third-order valence-electron chi connectivity index (χ3n) is 13.7. The molecule has 0 aromatic heterocycles. The SMILES string of the molecule is FC(F)(F)C1(C(F)(F)F)c2cc(-c3ccccc3)ccc2-c2ccc(-c3ccc4c(c3)C(C(F)(F)F)(C(F)(F)F)c3cc(-c5ccc6cc(-c7ccc8ccccc8c7)ccc6c5)ccc3-4)cc21. The molecule has 0 N–H and O–H groups in total.